The van der Waals surface area contributed by atoms with Crippen LogP contribution in [0, 0.1) is 6.92 Å². The number of piperidine rings is 1. The highest BCUT2D eigenvalue weighted by Gasteiger charge is 2.44. The fourth-order valence-electron chi connectivity index (χ4n) is 4.41. The van der Waals surface area contributed by atoms with Crippen molar-refractivity contribution in [2.24, 2.45) is 0 Å². The Labute approximate surface area is 203 Å². The number of halogens is 1. The van der Waals surface area contributed by atoms with Crippen LogP contribution in [0.5, 0.6) is 0 Å². The number of anilines is 1. The van der Waals surface area contributed by atoms with E-state index in [1.165, 1.54) is 11.4 Å². The van der Waals surface area contributed by atoms with Gasteiger partial charge in [-0.3, -0.25) is 0 Å². The summed E-state index contributed by atoms with van der Waals surface area (Å²) in [5.41, 5.74) is 1.33. The highest BCUT2D eigenvalue weighted by atomic mass is 79.9. The second-order valence-corrected chi connectivity index (χ2v) is 13.3. The molecule has 180 valence electrons. The summed E-state index contributed by atoms with van der Waals surface area (Å²) in [6.45, 7) is 3.20. The maximum absolute atomic E-state index is 13.1. The van der Waals surface area contributed by atoms with Gasteiger partial charge in [-0.2, -0.15) is 4.31 Å². The molecular weight excluding hydrogens is 530 g/mol. The molecule has 1 spiro atoms. The standard InChI is InChI=1S/C22H28BrN3O5S2/c1-16-6-7-20(13-21(16)23)33(29,30)26-10-8-22(9-11-26)14-18(15-31-22)25-17-4-3-5-19(12-17)32(27,28)24-2/h3-7,12-13,18,24-25H,8-11,14-15H2,1-2H3. The van der Waals surface area contributed by atoms with Gasteiger partial charge in [0.05, 0.1) is 28.0 Å². The van der Waals surface area contributed by atoms with Crippen molar-refractivity contribution in [3.8, 4) is 0 Å². The van der Waals surface area contributed by atoms with E-state index in [4.69, 9.17) is 4.74 Å². The molecule has 2 fully saturated rings. The highest BCUT2D eigenvalue weighted by molar-refractivity contribution is 9.10. The lowest BCUT2D eigenvalue weighted by Gasteiger charge is -2.38. The third-order valence-electron chi connectivity index (χ3n) is 6.41. The second-order valence-electron chi connectivity index (χ2n) is 8.59. The van der Waals surface area contributed by atoms with Crippen molar-refractivity contribution in [3.05, 3.63) is 52.5 Å². The predicted molar refractivity (Wildman–Crippen MR) is 130 cm³/mol. The third-order valence-corrected chi connectivity index (χ3v) is 10.6. The zero-order valence-electron chi connectivity index (χ0n) is 18.5. The number of sulfonamides is 2. The SMILES string of the molecule is CNS(=O)(=O)c1cccc(NC2COC3(CCN(S(=O)(=O)c4ccc(C)c(Br)c4)CC3)C2)c1. The minimum atomic E-state index is -3.56. The molecule has 0 bridgehead atoms. The molecule has 2 aliphatic heterocycles. The molecule has 33 heavy (non-hydrogen) atoms. The van der Waals surface area contributed by atoms with E-state index in [1.807, 2.05) is 13.0 Å². The van der Waals surface area contributed by atoms with Crippen LogP contribution in [0.25, 0.3) is 0 Å². The first-order valence-electron chi connectivity index (χ1n) is 10.8. The lowest BCUT2D eigenvalue weighted by atomic mass is 9.88. The van der Waals surface area contributed by atoms with Crippen LogP contribution in [-0.4, -0.2) is 59.5 Å². The third kappa shape index (κ3) is 5.13. The number of nitrogens with one attached hydrogen (secondary N) is 2. The number of benzene rings is 2. The van der Waals surface area contributed by atoms with Crippen LogP contribution in [0.15, 0.2) is 56.7 Å². The molecular formula is C22H28BrN3O5S2. The highest BCUT2D eigenvalue weighted by Crippen LogP contribution is 2.38. The van der Waals surface area contributed by atoms with Crippen LogP contribution in [0.1, 0.15) is 24.8 Å². The topological polar surface area (TPSA) is 105 Å². The Morgan fingerprint density at radius 2 is 1.79 bits per heavy atom. The largest absolute Gasteiger partial charge is 0.380 e. The zero-order chi connectivity index (χ0) is 23.9. The molecule has 8 nitrogen and oxygen atoms in total. The smallest absolute Gasteiger partial charge is 0.243 e. The predicted octanol–water partition coefficient (Wildman–Crippen LogP) is 3.09. The molecule has 2 aliphatic rings. The van der Waals surface area contributed by atoms with E-state index in [-0.39, 0.29) is 16.5 Å². The Bertz CT molecular complexity index is 1240. The molecule has 0 amide bonds. The van der Waals surface area contributed by atoms with Gasteiger partial charge >= 0.3 is 0 Å². The van der Waals surface area contributed by atoms with Crippen LogP contribution in [0.2, 0.25) is 0 Å². The van der Waals surface area contributed by atoms with Crippen LogP contribution in [0.4, 0.5) is 5.69 Å². The average Bonchev–Trinajstić information content (AvgIpc) is 3.17. The Morgan fingerprint density at radius 3 is 2.45 bits per heavy atom. The van der Waals surface area contributed by atoms with Crippen molar-refractivity contribution in [2.75, 3.05) is 32.1 Å². The molecule has 4 rings (SSSR count). The molecule has 0 aliphatic carbocycles. The summed E-state index contributed by atoms with van der Waals surface area (Å²) in [5.74, 6) is 0. The number of hydrogen-bond donors (Lipinski definition) is 2. The monoisotopic (exact) mass is 557 g/mol. The fourth-order valence-corrected chi connectivity index (χ4v) is 7.18. The van der Waals surface area contributed by atoms with Crippen LogP contribution in [-0.2, 0) is 24.8 Å². The number of aryl methyl sites for hydroxylation is 1. The van der Waals surface area contributed by atoms with Gasteiger partial charge in [-0.1, -0.05) is 28.1 Å². The Kier molecular flexibility index (Phi) is 6.92. The van der Waals surface area contributed by atoms with E-state index in [2.05, 4.69) is 26.0 Å². The van der Waals surface area contributed by atoms with Gasteiger partial charge in [-0.15, -0.1) is 0 Å². The molecule has 0 radical (unpaired) electrons. The Balaban J connectivity index is 1.39. The maximum atomic E-state index is 13.1. The van der Waals surface area contributed by atoms with E-state index in [9.17, 15) is 16.8 Å². The number of hydrogen-bond acceptors (Lipinski definition) is 6. The first kappa shape index (κ1) is 24.6. The fraction of sp³-hybridized carbons (Fsp3) is 0.455. The average molecular weight is 559 g/mol. The van der Waals surface area contributed by atoms with Gasteiger partial charge in [0.25, 0.3) is 0 Å². The molecule has 2 heterocycles. The van der Waals surface area contributed by atoms with Gasteiger partial charge in [0.2, 0.25) is 20.0 Å². The lowest BCUT2D eigenvalue weighted by Crippen LogP contribution is -2.46. The molecule has 0 aromatic heterocycles. The van der Waals surface area contributed by atoms with Gasteiger partial charge in [-0.25, -0.2) is 21.6 Å². The summed E-state index contributed by atoms with van der Waals surface area (Å²) in [5, 5.41) is 3.37. The summed E-state index contributed by atoms with van der Waals surface area (Å²) < 4.78 is 61.1. The van der Waals surface area contributed by atoms with Crippen molar-refractivity contribution < 1.29 is 21.6 Å². The number of ether oxygens (including phenoxy) is 1. The minimum absolute atomic E-state index is 0.0220. The van der Waals surface area contributed by atoms with Gasteiger partial charge in [0.1, 0.15) is 0 Å². The van der Waals surface area contributed by atoms with E-state index in [1.54, 1.807) is 36.4 Å². The Morgan fingerprint density at radius 1 is 1.06 bits per heavy atom. The van der Waals surface area contributed by atoms with Crippen molar-refractivity contribution in [1.29, 1.82) is 0 Å². The first-order chi connectivity index (χ1) is 15.5. The molecule has 2 aromatic rings. The van der Waals surface area contributed by atoms with Crippen LogP contribution in [0.3, 0.4) is 0 Å². The summed E-state index contributed by atoms with van der Waals surface area (Å²) in [4.78, 5) is 0.490. The molecule has 1 unspecified atom stereocenters. The molecule has 2 N–H and O–H groups in total. The summed E-state index contributed by atoms with van der Waals surface area (Å²) in [7, 11) is -5.69. The normalized spacial score (nSPS) is 21.4. The second kappa shape index (κ2) is 9.27. The van der Waals surface area contributed by atoms with Gasteiger partial charge < -0.3 is 10.1 Å². The van der Waals surface area contributed by atoms with E-state index >= 15 is 0 Å². The minimum Gasteiger partial charge on any atom is -0.380 e. The van der Waals surface area contributed by atoms with E-state index in [0.717, 1.165) is 16.5 Å². The molecule has 2 saturated heterocycles. The van der Waals surface area contributed by atoms with Crippen molar-refractivity contribution in [1.82, 2.24) is 9.03 Å². The zero-order valence-corrected chi connectivity index (χ0v) is 21.8. The molecule has 1 atom stereocenters. The summed E-state index contributed by atoms with van der Waals surface area (Å²) in [6.07, 6.45) is 1.97. The molecule has 0 saturated carbocycles. The first-order valence-corrected chi connectivity index (χ1v) is 14.5. The van der Waals surface area contributed by atoms with Gasteiger partial charge in [0, 0.05) is 23.2 Å². The van der Waals surface area contributed by atoms with Crippen LogP contribution >= 0.6 is 15.9 Å². The summed E-state index contributed by atoms with van der Waals surface area (Å²) >= 11 is 3.42. The molecule has 11 heteroatoms. The lowest BCUT2D eigenvalue weighted by molar-refractivity contribution is -0.0310. The Hall–Kier alpha value is -1.50. The van der Waals surface area contributed by atoms with Crippen molar-refractivity contribution >= 4 is 41.7 Å². The van der Waals surface area contributed by atoms with E-state index < -0.39 is 20.0 Å². The number of nitrogens with zero attached hydrogens (tertiary/aromatic N) is 1. The van der Waals surface area contributed by atoms with Gasteiger partial charge in [0.15, 0.2) is 0 Å². The van der Waals surface area contributed by atoms with Gasteiger partial charge in [-0.05, 0) is 69.1 Å². The van der Waals surface area contributed by atoms with Crippen molar-refractivity contribution in [3.63, 3.8) is 0 Å². The summed E-state index contributed by atoms with van der Waals surface area (Å²) in [6, 6.07) is 11.8. The van der Waals surface area contributed by atoms with Crippen molar-refractivity contribution in [2.45, 2.75) is 47.6 Å². The quantitative estimate of drug-likeness (QED) is 0.565. The van der Waals surface area contributed by atoms with Crippen LogP contribution < -0.4 is 10.0 Å². The van der Waals surface area contributed by atoms with E-state index in [0.29, 0.717) is 43.1 Å². The molecule has 2 aromatic carbocycles. The number of rotatable bonds is 6. The maximum Gasteiger partial charge on any atom is 0.243 e.